The predicted molar refractivity (Wildman–Crippen MR) is 104 cm³/mol. The zero-order valence-electron chi connectivity index (χ0n) is 15.2. The molecule has 1 fully saturated rings. The van der Waals surface area contributed by atoms with Crippen LogP contribution in [0.1, 0.15) is 55.0 Å². The lowest BCUT2D eigenvalue weighted by Crippen LogP contribution is -2.30. The molecule has 0 aliphatic carbocycles. The van der Waals surface area contributed by atoms with Crippen molar-refractivity contribution in [3.63, 3.8) is 0 Å². The number of hydrogen-bond acceptors (Lipinski definition) is 3. The van der Waals surface area contributed by atoms with Gasteiger partial charge in [-0.05, 0) is 70.3 Å². The molecule has 0 bridgehead atoms. The Morgan fingerprint density at radius 1 is 1.20 bits per heavy atom. The lowest BCUT2D eigenvalue weighted by atomic mass is 9.96. The van der Waals surface area contributed by atoms with Crippen LogP contribution in [0.15, 0.2) is 18.2 Å². The molecule has 0 amide bonds. The molecule has 1 N–H and O–H groups in total. The molecular formula is C20H27ClN4. The van der Waals surface area contributed by atoms with Crippen molar-refractivity contribution in [2.75, 3.05) is 25.5 Å². The van der Waals surface area contributed by atoms with Crippen molar-refractivity contribution in [3.8, 4) is 5.69 Å². The van der Waals surface area contributed by atoms with Gasteiger partial charge in [0.05, 0.1) is 17.4 Å². The summed E-state index contributed by atoms with van der Waals surface area (Å²) in [7, 11) is 2.24. The maximum Gasteiger partial charge on any atom is 0.133 e. The van der Waals surface area contributed by atoms with E-state index < -0.39 is 0 Å². The fourth-order valence-electron chi connectivity index (χ4n) is 4.20. The molecule has 5 heteroatoms. The first-order chi connectivity index (χ1) is 12.1. The number of nitrogens with zero attached hydrogens (tertiary/aromatic N) is 3. The van der Waals surface area contributed by atoms with Gasteiger partial charge in [0.2, 0.25) is 0 Å². The summed E-state index contributed by atoms with van der Waals surface area (Å²) in [5, 5.41) is 9.54. The minimum atomic E-state index is 0.433. The molecule has 1 atom stereocenters. The Bertz CT molecular complexity index is 767. The predicted octanol–water partition coefficient (Wildman–Crippen LogP) is 4.74. The molecule has 2 aliphatic heterocycles. The summed E-state index contributed by atoms with van der Waals surface area (Å²) in [6, 6.07) is 6.49. The highest BCUT2D eigenvalue weighted by molar-refractivity contribution is 6.30. The smallest absolute Gasteiger partial charge is 0.133 e. The number of aryl methyl sites for hydroxylation is 1. The van der Waals surface area contributed by atoms with Crippen LogP contribution in [0, 0.1) is 6.92 Å². The maximum absolute atomic E-state index is 6.29. The van der Waals surface area contributed by atoms with E-state index in [1.54, 1.807) is 0 Å². The lowest BCUT2D eigenvalue weighted by molar-refractivity contribution is 0.182. The number of benzene rings is 1. The van der Waals surface area contributed by atoms with Crippen molar-refractivity contribution in [2.45, 2.75) is 51.5 Å². The van der Waals surface area contributed by atoms with Gasteiger partial charge in [-0.3, -0.25) is 4.90 Å². The van der Waals surface area contributed by atoms with Crippen molar-refractivity contribution in [1.29, 1.82) is 0 Å². The quantitative estimate of drug-likeness (QED) is 0.841. The molecule has 3 heterocycles. The Balaban J connectivity index is 1.86. The van der Waals surface area contributed by atoms with Crippen LogP contribution in [0.5, 0.6) is 0 Å². The average Bonchev–Trinajstić information content (AvgIpc) is 2.79. The number of hydrogen-bond donors (Lipinski definition) is 1. The highest BCUT2D eigenvalue weighted by Gasteiger charge is 2.30. The van der Waals surface area contributed by atoms with Crippen LogP contribution < -0.4 is 5.32 Å². The van der Waals surface area contributed by atoms with Crippen molar-refractivity contribution in [2.24, 2.45) is 0 Å². The van der Waals surface area contributed by atoms with Gasteiger partial charge in [-0.15, -0.1) is 0 Å². The molecule has 0 radical (unpaired) electrons. The summed E-state index contributed by atoms with van der Waals surface area (Å²) in [5.74, 6) is 1.18. The molecule has 4 rings (SSSR count). The minimum Gasteiger partial charge on any atom is -0.370 e. The summed E-state index contributed by atoms with van der Waals surface area (Å²) < 4.78 is 2.11. The van der Waals surface area contributed by atoms with Gasteiger partial charge in [0.25, 0.3) is 0 Å². The summed E-state index contributed by atoms with van der Waals surface area (Å²) in [5.41, 5.74) is 4.97. The van der Waals surface area contributed by atoms with Gasteiger partial charge in [0.1, 0.15) is 5.82 Å². The van der Waals surface area contributed by atoms with E-state index in [-0.39, 0.29) is 0 Å². The number of aromatic nitrogens is 2. The molecule has 1 aromatic carbocycles. The van der Waals surface area contributed by atoms with Crippen molar-refractivity contribution in [3.05, 3.63) is 40.0 Å². The Morgan fingerprint density at radius 2 is 2.08 bits per heavy atom. The number of rotatable bonds is 2. The maximum atomic E-state index is 6.29. The Kier molecular flexibility index (Phi) is 4.74. The fourth-order valence-corrected chi connectivity index (χ4v) is 4.37. The van der Waals surface area contributed by atoms with Crippen LogP contribution in [0.2, 0.25) is 5.02 Å². The molecule has 2 aromatic rings. The number of anilines is 1. The highest BCUT2D eigenvalue weighted by Crippen LogP contribution is 2.37. The Labute approximate surface area is 155 Å². The minimum absolute atomic E-state index is 0.433. The fraction of sp³-hybridized carbons (Fsp3) is 0.550. The van der Waals surface area contributed by atoms with E-state index in [1.807, 2.05) is 12.1 Å². The van der Waals surface area contributed by atoms with Gasteiger partial charge in [0.15, 0.2) is 0 Å². The van der Waals surface area contributed by atoms with Gasteiger partial charge < -0.3 is 5.32 Å². The van der Waals surface area contributed by atoms with E-state index in [2.05, 4.69) is 34.9 Å². The third-order valence-corrected chi connectivity index (χ3v) is 5.88. The van der Waals surface area contributed by atoms with E-state index in [9.17, 15) is 0 Å². The summed E-state index contributed by atoms with van der Waals surface area (Å²) in [6.07, 6.45) is 7.34. The van der Waals surface area contributed by atoms with Crippen molar-refractivity contribution < 1.29 is 0 Å². The van der Waals surface area contributed by atoms with Crippen LogP contribution in [-0.4, -0.2) is 34.8 Å². The standard InChI is InChI=1S/C20H27ClN4/c1-14-9-10-15(21)13-18(14)25-20-16(7-3-5-11-22-20)19(23-25)17-8-4-6-12-24(17)2/h9-10,13,17,22H,3-8,11-12H2,1-2H3. The third-order valence-electron chi connectivity index (χ3n) is 5.65. The number of halogens is 1. The lowest BCUT2D eigenvalue weighted by Gasteiger charge is -2.31. The summed E-state index contributed by atoms with van der Waals surface area (Å²) in [4.78, 5) is 2.48. The molecule has 134 valence electrons. The van der Waals surface area contributed by atoms with Crippen LogP contribution >= 0.6 is 11.6 Å². The van der Waals surface area contributed by atoms with E-state index in [0.29, 0.717) is 6.04 Å². The van der Waals surface area contributed by atoms with Gasteiger partial charge in [-0.1, -0.05) is 24.1 Å². The third kappa shape index (κ3) is 3.18. The van der Waals surface area contributed by atoms with Crippen molar-refractivity contribution in [1.82, 2.24) is 14.7 Å². The SMILES string of the molecule is Cc1ccc(Cl)cc1-n1nc(C2CCCCN2C)c2c1NCCCC2. The normalized spacial score (nSPS) is 21.5. The molecule has 1 saturated heterocycles. The van der Waals surface area contributed by atoms with Crippen LogP contribution in [0.25, 0.3) is 5.69 Å². The average molecular weight is 359 g/mol. The zero-order valence-corrected chi connectivity index (χ0v) is 15.9. The molecule has 1 aromatic heterocycles. The Morgan fingerprint density at radius 3 is 2.92 bits per heavy atom. The number of piperidine rings is 1. The van der Waals surface area contributed by atoms with Gasteiger partial charge in [0, 0.05) is 17.1 Å². The number of fused-ring (bicyclic) bond motifs is 1. The number of likely N-dealkylation sites (tertiary alicyclic amines) is 1. The van der Waals surface area contributed by atoms with Gasteiger partial charge >= 0.3 is 0 Å². The molecule has 2 aliphatic rings. The van der Waals surface area contributed by atoms with Crippen LogP contribution in [-0.2, 0) is 6.42 Å². The molecule has 0 spiro atoms. The largest absolute Gasteiger partial charge is 0.370 e. The summed E-state index contributed by atoms with van der Waals surface area (Å²) >= 11 is 6.29. The first-order valence-electron chi connectivity index (χ1n) is 9.47. The van der Waals surface area contributed by atoms with Gasteiger partial charge in [-0.2, -0.15) is 5.10 Å². The zero-order chi connectivity index (χ0) is 17.4. The van der Waals surface area contributed by atoms with Crippen molar-refractivity contribution >= 4 is 17.4 Å². The molecule has 25 heavy (non-hydrogen) atoms. The van der Waals surface area contributed by atoms with E-state index >= 15 is 0 Å². The monoisotopic (exact) mass is 358 g/mol. The summed E-state index contributed by atoms with van der Waals surface area (Å²) in [6.45, 7) is 4.30. The second kappa shape index (κ2) is 7.00. The van der Waals surface area contributed by atoms with E-state index in [4.69, 9.17) is 16.7 Å². The van der Waals surface area contributed by atoms with Crippen LogP contribution in [0.3, 0.4) is 0 Å². The molecule has 1 unspecified atom stereocenters. The molecule has 4 nitrogen and oxygen atoms in total. The van der Waals surface area contributed by atoms with Gasteiger partial charge in [-0.25, -0.2) is 4.68 Å². The molecular weight excluding hydrogens is 332 g/mol. The first kappa shape index (κ1) is 16.9. The molecule has 0 saturated carbocycles. The van der Waals surface area contributed by atoms with Crippen LogP contribution in [0.4, 0.5) is 5.82 Å². The Hall–Kier alpha value is -1.52. The second-order valence-corrected chi connectivity index (χ2v) is 7.87. The second-order valence-electron chi connectivity index (χ2n) is 7.43. The topological polar surface area (TPSA) is 33.1 Å². The highest BCUT2D eigenvalue weighted by atomic mass is 35.5. The number of nitrogens with one attached hydrogen (secondary N) is 1. The first-order valence-corrected chi connectivity index (χ1v) is 9.85. The van der Waals surface area contributed by atoms with E-state index in [0.717, 1.165) is 30.2 Å². The van der Waals surface area contributed by atoms with E-state index in [1.165, 1.54) is 54.7 Å².